The lowest BCUT2D eigenvalue weighted by atomic mass is 9.85. The van der Waals surface area contributed by atoms with E-state index in [-0.39, 0.29) is 5.41 Å². The number of rotatable bonds is 3. The van der Waals surface area contributed by atoms with E-state index >= 15 is 0 Å². The summed E-state index contributed by atoms with van der Waals surface area (Å²) in [5, 5.41) is 0.938. The second-order valence-corrected chi connectivity index (χ2v) is 7.09. The minimum absolute atomic E-state index is 0.171. The van der Waals surface area contributed by atoms with Crippen molar-refractivity contribution in [1.29, 1.82) is 0 Å². The van der Waals surface area contributed by atoms with Crippen LogP contribution in [0.25, 0.3) is 0 Å². The fourth-order valence-electron chi connectivity index (χ4n) is 2.02. The third kappa shape index (κ3) is 4.08. The predicted octanol–water partition coefficient (Wildman–Crippen LogP) is 3.45. The van der Waals surface area contributed by atoms with Crippen molar-refractivity contribution in [2.45, 2.75) is 47.0 Å². The molecule has 0 aromatic heterocycles. The first kappa shape index (κ1) is 14.0. The number of hydrogen-bond acceptors (Lipinski definition) is 1. The van der Waals surface area contributed by atoms with Crippen LogP contribution < -0.4 is 0 Å². The van der Waals surface area contributed by atoms with Crippen LogP contribution in [0.1, 0.15) is 47.0 Å². The number of amides is 1. The van der Waals surface area contributed by atoms with Crippen LogP contribution in [-0.2, 0) is 4.79 Å². The van der Waals surface area contributed by atoms with Crippen LogP contribution in [0.5, 0.6) is 0 Å². The maximum absolute atomic E-state index is 12.0. The number of carbonyl (C=O) groups is 1. The first-order valence-electron chi connectivity index (χ1n) is 6.10. The van der Waals surface area contributed by atoms with Gasteiger partial charge in [0.15, 0.2) is 0 Å². The van der Waals surface area contributed by atoms with Gasteiger partial charge in [-0.05, 0) is 23.7 Å². The Labute approximate surface area is 108 Å². The number of likely N-dealkylation sites (tertiary alicyclic amines) is 1. The molecule has 1 saturated heterocycles. The highest BCUT2D eigenvalue weighted by molar-refractivity contribution is 9.09. The molecule has 0 atom stereocenters. The van der Waals surface area contributed by atoms with E-state index < -0.39 is 0 Å². The molecule has 1 heterocycles. The molecular formula is C13H24BrNO. The largest absolute Gasteiger partial charge is 0.342 e. The number of alkyl halides is 1. The zero-order chi connectivity index (χ0) is 12.4. The third-order valence-electron chi connectivity index (χ3n) is 3.41. The average molecular weight is 290 g/mol. The smallest absolute Gasteiger partial charge is 0.222 e. The molecule has 1 rings (SSSR count). The number of nitrogens with zero attached hydrogens (tertiary/aromatic N) is 1. The first-order chi connectivity index (χ1) is 7.26. The zero-order valence-electron chi connectivity index (χ0n) is 11.0. The molecule has 0 N–H and O–H groups in total. The molecular weight excluding hydrogens is 266 g/mol. The van der Waals surface area contributed by atoms with Gasteiger partial charge >= 0.3 is 0 Å². The van der Waals surface area contributed by atoms with Crippen molar-refractivity contribution in [2.75, 3.05) is 18.4 Å². The Bertz CT molecular complexity index is 261. The summed E-state index contributed by atoms with van der Waals surface area (Å²) in [6.07, 6.45) is 2.86. The summed E-state index contributed by atoms with van der Waals surface area (Å²) in [7, 11) is 0. The van der Waals surface area contributed by atoms with Gasteiger partial charge in [-0.25, -0.2) is 0 Å². The third-order valence-corrected chi connectivity index (χ3v) is 4.93. The Hall–Kier alpha value is -0.0500. The molecule has 1 aliphatic rings. The average Bonchev–Trinajstić information content (AvgIpc) is 2.31. The predicted molar refractivity (Wildman–Crippen MR) is 71.8 cm³/mol. The fraction of sp³-hybridized carbons (Fsp3) is 0.923. The van der Waals surface area contributed by atoms with Gasteiger partial charge in [-0.3, -0.25) is 4.79 Å². The number of halogens is 1. The van der Waals surface area contributed by atoms with Gasteiger partial charge in [-0.1, -0.05) is 43.6 Å². The van der Waals surface area contributed by atoms with E-state index in [1.165, 1.54) is 0 Å². The molecule has 0 spiro atoms. The monoisotopic (exact) mass is 289 g/mol. The minimum atomic E-state index is 0.171. The second kappa shape index (κ2) is 5.07. The van der Waals surface area contributed by atoms with Gasteiger partial charge in [-0.2, -0.15) is 0 Å². The molecule has 16 heavy (non-hydrogen) atoms. The SMILES string of the molecule is CC1(C)CCC(=O)N(CC(C)(C)CBr)CC1. The van der Waals surface area contributed by atoms with Crippen LogP contribution >= 0.6 is 15.9 Å². The van der Waals surface area contributed by atoms with E-state index in [9.17, 15) is 4.79 Å². The minimum Gasteiger partial charge on any atom is -0.342 e. The molecule has 0 bridgehead atoms. The second-order valence-electron chi connectivity index (χ2n) is 6.53. The summed E-state index contributed by atoms with van der Waals surface area (Å²) >= 11 is 3.52. The van der Waals surface area contributed by atoms with Gasteiger partial charge < -0.3 is 4.90 Å². The topological polar surface area (TPSA) is 20.3 Å². The lowest BCUT2D eigenvalue weighted by Gasteiger charge is -2.31. The Balaban J connectivity index is 2.63. The Kier molecular flexibility index (Phi) is 4.44. The van der Waals surface area contributed by atoms with Gasteiger partial charge in [0.1, 0.15) is 0 Å². The first-order valence-corrected chi connectivity index (χ1v) is 7.22. The summed E-state index contributed by atoms with van der Waals surface area (Å²) in [6, 6.07) is 0. The fourth-order valence-corrected chi connectivity index (χ4v) is 2.19. The highest BCUT2D eigenvalue weighted by Crippen LogP contribution is 2.31. The van der Waals surface area contributed by atoms with Crippen molar-refractivity contribution in [3.05, 3.63) is 0 Å². The van der Waals surface area contributed by atoms with Crippen molar-refractivity contribution in [3.63, 3.8) is 0 Å². The van der Waals surface area contributed by atoms with Crippen LogP contribution in [0, 0.1) is 10.8 Å². The Morgan fingerprint density at radius 1 is 1.38 bits per heavy atom. The van der Waals surface area contributed by atoms with Gasteiger partial charge in [0.25, 0.3) is 0 Å². The summed E-state index contributed by atoms with van der Waals surface area (Å²) in [5.74, 6) is 0.333. The summed E-state index contributed by atoms with van der Waals surface area (Å²) < 4.78 is 0. The summed E-state index contributed by atoms with van der Waals surface area (Å²) in [4.78, 5) is 14.1. The van der Waals surface area contributed by atoms with Crippen LogP contribution in [0.4, 0.5) is 0 Å². The van der Waals surface area contributed by atoms with Crippen LogP contribution in [0.3, 0.4) is 0 Å². The Morgan fingerprint density at radius 3 is 2.56 bits per heavy atom. The molecule has 0 aromatic carbocycles. The molecule has 1 amide bonds. The lowest BCUT2D eigenvalue weighted by Crippen LogP contribution is -2.39. The molecule has 0 unspecified atom stereocenters. The summed E-state index contributed by atoms with van der Waals surface area (Å²) in [6.45, 7) is 10.7. The highest BCUT2D eigenvalue weighted by atomic mass is 79.9. The van der Waals surface area contributed by atoms with E-state index in [0.717, 1.165) is 31.3 Å². The number of carbonyl (C=O) groups excluding carboxylic acids is 1. The maximum Gasteiger partial charge on any atom is 0.222 e. The molecule has 2 nitrogen and oxygen atoms in total. The molecule has 1 fully saturated rings. The van der Waals surface area contributed by atoms with Crippen molar-refractivity contribution < 1.29 is 4.79 Å². The number of hydrogen-bond donors (Lipinski definition) is 0. The van der Waals surface area contributed by atoms with Crippen LogP contribution in [0.2, 0.25) is 0 Å². The maximum atomic E-state index is 12.0. The van der Waals surface area contributed by atoms with Gasteiger partial charge in [0.05, 0.1) is 0 Å². The molecule has 0 saturated carbocycles. The molecule has 1 aliphatic heterocycles. The van der Waals surface area contributed by atoms with Crippen LogP contribution in [-0.4, -0.2) is 29.2 Å². The van der Waals surface area contributed by atoms with E-state index in [1.807, 2.05) is 0 Å². The van der Waals surface area contributed by atoms with Crippen molar-refractivity contribution >= 4 is 21.8 Å². The van der Waals surface area contributed by atoms with E-state index in [0.29, 0.717) is 17.7 Å². The molecule has 0 aliphatic carbocycles. The van der Waals surface area contributed by atoms with Gasteiger partial charge in [0.2, 0.25) is 5.91 Å². The summed E-state index contributed by atoms with van der Waals surface area (Å²) in [5.41, 5.74) is 0.493. The van der Waals surface area contributed by atoms with Crippen LogP contribution in [0.15, 0.2) is 0 Å². The van der Waals surface area contributed by atoms with E-state index in [1.54, 1.807) is 0 Å². The molecule has 0 radical (unpaired) electrons. The molecule has 3 heteroatoms. The zero-order valence-corrected chi connectivity index (χ0v) is 12.6. The normalized spacial score (nSPS) is 22.1. The highest BCUT2D eigenvalue weighted by Gasteiger charge is 2.30. The van der Waals surface area contributed by atoms with Gasteiger partial charge in [-0.15, -0.1) is 0 Å². The van der Waals surface area contributed by atoms with Crippen molar-refractivity contribution in [1.82, 2.24) is 4.90 Å². The van der Waals surface area contributed by atoms with E-state index in [2.05, 4.69) is 48.5 Å². The quantitative estimate of drug-likeness (QED) is 0.729. The standard InChI is InChI=1S/C13H24BrNO/c1-12(2)6-5-11(16)15(8-7-12)10-13(3,4)9-14/h5-10H2,1-4H3. The Morgan fingerprint density at radius 2 is 2.00 bits per heavy atom. The lowest BCUT2D eigenvalue weighted by molar-refractivity contribution is -0.131. The van der Waals surface area contributed by atoms with Crippen molar-refractivity contribution in [2.24, 2.45) is 10.8 Å². The van der Waals surface area contributed by atoms with E-state index in [4.69, 9.17) is 0 Å². The molecule has 0 aromatic rings. The molecule has 94 valence electrons. The van der Waals surface area contributed by atoms with Crippen molar-refractivity contribution in [3.8, 4) is 0 Å². The van der Waals surface area contributed by atoms with Gasteiger partial charge in [0, 0.05) is 24.8 Å².